The molecule has 1 unspecified atom stereocenters. The van der Waals surface area contributed by atoms with Gasteiger partial charge in [-0.3, -0.25) is 10.2 Å². The summed E-state index contributed by atoms with van der Waals surface area (Å²) in [6.07, 6.45) is 0.262. The predicted molar refractivity (Wildman–Crippen MR) is 80.1 cm³/mol. The summed E-state index contributed by atoms with van der Waals surface area (Å²) in [6, 6.07) is 12.9. The van der Waals surface area contributed by atoms with E-state index in [0.717, 1.165) is 11.0 Å². The van der Waals surface area contributed by atoms with Gasteiger partial charge >= 0.3 is 0 Å². The molecule has 0 saturated carbocycles. The van der Waals surface area contributed by atoms with Crippen molar-refractivity contribution in [3.63, 3.8) is 0 Å². The van der Waals surface area contributed by atoms with Crippen LogP contribution in [0.25, 0.3) is 11.0 Å². The number of benzene rings is 2. The second kappa shape index (κ2) is 5.95. The minimum Gasteiger partial charge on any atom is -0.388 e. The fraction of sp³-hybridized carbons (Fsp3) is 0.125. The van der Waals surface area contributed by atoms with E-state index in [2.05, 4.69) is 10.4 Å². The first-order valence-corrected chi connectivity index (χ1v) is 6.79. The second-order valence-electron chi connectivity index (χ2n) is 4.91. The van der Waals surface area contributed by atoms with Crippen LogP contribution in [-0.4, -0.2) is 20.7 Å². The van der Waals surface area contributed by atoms with Gasteiger partial charge in [0, 0.05) is 0 Å². The molecule has 1 atom stereocenters. The first-order valence-electron chi connectivity index (χ1n) is 6.79. The number of fused-ring (bicyclic) bond motifs is 1. The van der Waals surface area contributed by atoms with Crippen LogP contribution in [-0.2, 0) is 4.79 Å². The molecule has 0 aliphatic rings. The lowest BCUT2D eigenvalue weighted by molar-refractivity contribution is -0.119. The highest BCUT2D eigenvalue weighted by atomic mass is 19.1. The van der Waals surface area contributed by atoms with Crippen molar-refractivity contribution in [1.29, 1.82) is 0 Å². The minimum absolute atomic E-state index is 0.171. The molecule has 0 aliphatic heterocycles. The highest BCUT2D eigenvalue weighted by Crippen LogP contribution is 2.18. The van der Waals surface area contributed by atoms with Crippen LogP contribution >= 0.6 is 0 Å². The Morgan fingerprint density at radius 1 is 1.27 bits per heavy atom. The van der Waals surface area contributed by atoms with Gasteiger partial charge in [0.25, 0.3) is 0 Å². The number of aliphatic hydroxyl groups is 1. The van der Waals surface area contributed by atoms with Crippen molar-refractivity contribution >= 4 is 16.9 Å². The number of aliphatic hydroxyl groups excluding tert-OH is 1. The van der Waals surface area contributed by atoms with Gasteiger partial charge in [-0.25, -0.2) is 14.1 Å². The van der Waals surface area contributed by atoms with E-state index in [-0.39, 0.29) is 12.3 Å². The van der Waals surface area contributed by atoms with Gasteiger partial charge in [-0.2, -0.15) is 0 Å². The Morgan fingerprint density at radius 3 is 2.91 bits per heavy atom. The van der Waals surface area contributed by atoms with Gasteiger partial charge in [-0.05, 0) is 29.8 Å². The molecule has 1 amide bonds. The molecule has 0 fully saturated rings. The molecule has 5 nitrogen and oxygen atoms in total. The summed E-state index contributed by atoms with van der Waals surface area (Å²) in [4.78, 5) is 16.2. The quantitative estimate of drug-likeness (QED) is 0.777. The van der Waals surface area contributed by atoms with Crippen molar-refractivity contribution in [1.82, 2.24) is 9.66 Å². The van der Waals surface area contributed by atoms with Crippen LogP contribution in [0.5, 0.6) is 0 Å². The molecule has 1 heterocycles. The summed E-state index contributed by atoms with van der Waals surface area (Å²) < 4.78 is 14.6. The number of halogens is 1. The molecule has 0 spiro atoms. The Balaban J connectivity index is 1.70. The van der Waals surface area contributed by atoms with Crippen molar-refractivity contribution in [2.24, 2.45) is 0 Å². The van der Waals surface area contributed by atoms with E-state index in [0.29, 0.717) is 5.56 Å². The van der Waals surface area contributed by atoms with E-state index in [1.54, 1.807) is 6.07 Å². The third-order valence-corrected chi connectivity index (χ3v) is 3.31. The predicted octanol–water partition coefficient (Wildman–Crippen LogP) is 2.37. The summed E-state index contributed by atoms with van der Waals surface area (Å²) in [6.45, 7) is 0. The highest BCUT2D eigenvalue weighted by molar-refractivity contribution is 5.86. The number of aromatic nitrogens is 2. The molecule has 22 heavy (non-hydrogen) atoms. The zero-order valence-electron chi connectivity index (χ0n) is 11.6. The standard InChI is InChI=1S/C16H14FN3O2/c17-12-5-3-4-11(8-12)15(21)9-16(22)19-20-10-18-13-6-1-2-7-14(13)20/h1-8,10,15,21H,9H2,(H,19,22). The summed E-state index contributed by atoms with van der Waals surface area (Å²) in [7, 11) is 0. The molecule has 3 aromatic rings. The molecular formula is C16H14FN3O2. The number of nitrogens with one attached hydrogen (secondary N) is 1. The largest absolute Gasteiger partial charge is 0.388 e. The van der Waals surface area contributed by atoms with Gasteiger partial charge < -0.3 is 5.11 Å². The van der Waals surface area contributed by atoms with Crippen LogP contribution < -0.4 is 5.43 Å². The SMILES string of the molecule is O=C(CC(O)c1cccc(F)c1)Nn1cnc2ccccc21. The molecule has 2 N–H and O–H groups in total. The molecule has 2 aromatic carbocycles. The molecule has 0 bridgehead atoms. The molecular weight excluding hydrogens is 285 g/mol. The summed E-state index contributed by atoms with van der Waals surface area (Å²) in [5.74, 6) is -0.836. The molecule has 0 aliphatic carbocycles. The third-order valence-electron chi connectivity index (χ3n) is 3.31. The Bertz CT molecular complexity index is 816. The van der Waals surface area contributed by atoms with Crippen LogP contribution in [0.1, 0.15) is 18.1 Å². The van der Waals surface area contributed by atoms with Crippen LogP contribution in [0.3, 0.4) is 0 Å². The smallest absolute Gasteiger partial charge is 0.241 e. The topological polar surface area (TPSA) is 67.2 Å². The molecule has 1 aromatic heterocycles. The number of rotatable bonds is 4. The average Bonchev–Trinajstić information content (AvgIpc) is 2.90. The number of amides is 1. The Hall–Kier alpha value is -2.73. The zero-order chi connectivity index (χ0) is 15.5. The van der Waals surface area contributed by atoms with E-state index in [1.165, 1.54) is 29.2 Å². The number of carbonyl (C=O) groups excluding carboxylic acids is 1. The number of hydrogen-bond donors (Lipinski definition) is 2. The van der Waals surface area contributed by atoms with Crippen LogP contribution in [0.2, 0.25) is 0 Å². The van der Waals surface area contributed by atoms with Gasteiger partial charge in [0.15, 0.2) is 0 Å². The summed E-state index contributed by atoms with van der Waals surface area (Å²) in [5, 5.41) is 10.0. The summed E-state index contributed by atoms with van der Waals surface area (Å²) in [5.41, 5.74) is 4.53. The van der Waals surface area contributed by atoms with Crippen molar-refractivity contribution < 1.29 is 14.3 Å². The van der Waals surface area contributed by atoms with Crippen molar-refractivity contribution in [3.8, 4) is 0 Å². The number of imidazole rings is 1. The monoisotopic (exact) mass is 299 g/mol. The normalized spacial score (nSPS) is 12.3. The summed E-state index contributed by atoms with van der Waals surface area (Å²) >= 11 is 0. The second-order valence-corrected chi connectivity index (χ2v) is 4.91. The van der Waals surface area contributed by atoms with Crippen LogP contribution in [0.4, 0.5) is 4.39 Å². The van der Waals surface area contributed by atoms with Gasteiger partial charge in [0.2, 0.25) is 5.91 Å². The van der Waals surface area contributed by atoms with Crippen molar-refractivity contribution in [2.75, 3.05) is 5.43 Å². The van der Waals surface area contributed by atoms with E-state index >= 15 is 0 Å². The van der Waals surface area contributed by atoms with Gasteiger partial charge in [0.05, 0.1) is 23.6 Å². The minimum atomic E-state index is -1.06. The van der Waals surface area contributed by atoms with Crippen molar-refractivity contribution in [2.45, 2.75) is 12.5 Å². The van der Waals surface area contributed by atoms with E-state index in [1.807, 2.05) is 24.3 Å². The van der Waals surface area contributed by atoms with E-state index in [4.69, 9.17) is 0 Å². The maximum Gasteiger partial charge on any atom is 0.241 e. The molecule has 0 saturated heterocycles. The van der Waals surface area contributed by atoms with Crippen molar-refractivity contribution in [3.05, 3.63) is 66.2 Å². The Kier molecular flexibility index (Phi) is 3.84. The lowest BCUT2D eigenvalue weighted by Crippen LogP contribution is -2.23. The molecule has 112 valence electrons. The lowest BCUT2D eigenvalue weighted by Gasteiger charge is -2.12. The first-order chi connectivity index (χ1) is 10.6. The fourth-order valence-corrected chi connectivity index (χ4v) is 2.24. The van der Waals surface area contributed by atoms with Crippen LogP contribution in [0, 0.1) is 5.82 Å². The lowest BCUT2D eigenvalue weighted by atomic mass is 10.1. The molecule has 6 heteroatoms. The Morgan fingerprint density at radius 2 is 2.09 bits per heavy atom. The fourth-order valence-electron chi connectivity index (χ4n) is 2.24. The maximum atomic E-state index is 13.1. The highest BCUT2D eigenvalue weighted by Gasteiger charge is 2.14. The van der Waals surface area contributed by atoms with E-state index < -0.39 is 11.9 Å². The van der Waals surface area contributed by atoms with Gasteiger partial charge in [-0.1, -0.05) is 24.3 Å². The first kappa shape index (κ1) is 14.2. The number of carbonyl (C=O) groups is 1. The van der Waals surface area contributed by atoms with E-state index in [9.17, 15) is 14.3 Å². The number of nitrogens with zero attached hydrogens (tertiary/aromatic N) is 2. The molecule has 3 rings (SSSR count). The van der Waals surface area contributed by atoms with Gasteiger partial charge in [-0.15, -0.1) is 0 Å². The third kappa shape index (κ3) is 2.96. The molecule has 0 radical (unpaired) electrons. The average molecular weight is 299 g/mol. The number of para-hydroxylation sites is 2. The number of hydrogen-bond acceptors (Lipinski definition) is 3. The van der Waals surface area contributed by atoms with Crippen LogP contribution in [0.15, 0.2) is 54.9 Å². The maximum absolute atomic E-state index is 13.1. The Labute approximate surface area is 126 Å². The van der Waals surface area contributed by atoms with Gasteiger partial charge in [0.1, 0.15) is 12.1 Å². The zero-order valence-corrected chi connectivity index (χ0v) is 11.6.